The Morgan fingerprint density at radius 2 is 1.81 bits per heavy atom. The lowest BCUT2D eigenvalue weighted by Gasteiger charge is -2.24. The van der Waals surface area contributed by atoms with E-state index in [1.165, 1.54) is 0 Å². The third kappa shape index (κ3) is 3.85. The fraction of sp³-hybridized carbons (Fsp3) is 0.611. The lowest BCUT2D eigenvalue weighted by atomic mass is 9.93. The summed E-state index contributed by atoms with van der Waals surface area (Å²) in [7, 11) is 0. The second-order valence-electron chi connectivity index (χ2n) is 6.54. The van der Waals surface area contributed by atoms with Crippen LogP contribution in [0.15, 0.2) is 18.2 Å². The van der Waals surface area contributed by atoms with Crippen LogP contribution in [0.4, 0.5) is 0 Å². The largest absolute Gasteiger partial charge is 0.426 e. The van der Waals surface area contributed by atoms with Crippen LogP contribution in [0.2, 0.25) is 0 Å². The van der Waals surface area contributed by atoms with Crippen LogP contribution in [-0.4, -0.2) is 19.1 Å². The van der Waals surface area contributed by atoms with Crippen LogP contribution in [0.1, 0.15) is 63.5 Å². The lowest BCUT2D eigenvalue weighted by Crippen LogP contribution is -2.36. The van der Waals surface area contributed by atoms with Crippen molar-refractivity contribution in [3.05, 3.63) is 29.3 Å². The zero-order valence-electron chi connectivity index (χ0n) is 13.6. The van der Waals surface area contributed by atoms with Gasteiger partial charge in [-0.05, 0) is 42.3 Å². The van der Waals surface area contributed by atoms with E-state index in [0.717, 1.165) is 42.8 Å². The highest BCUT2D eigenvalue weighted by Crippen LogP contribution is 2.35. The van der Waals surface area contributed by atoms with Crippen LogP contribution < -0.4 is 10.1 Å². The number of esters is 1. The van der Waals surface area contributed by atoms with E-state index in [9.17, 15) is 4.79 Å². The Kier molecular flexibility index (Phi) is 5.40. The third-order valence-corrected chi connectivity index (χ3v) is 4.15. The van der Waals surface area contributed by atoms with E-state index in [4.69, 9.17) is 4.74 Å². The van der Waals surface area contributed by atoms with Crippen LogP contribution in [0, 0.1) is 5.92 Å². The predicted molar refractivity (Wildman–Crippen MR) is 85.8 cm³/mol. The highest BCUT2D eigenvalue weighted by molar-refractivity contribution is 5.76. The van der Waals surface area contributed by atoms with Gasteiger partial charge in [0.25, 0.3) is 0 Å². The maximum Gasteiger partial charge on any atom is 0.315 e. The van der Waals surface area contributed by atoms with Crippen molar-refractivity contribution in [3.63, 3.8) is 0 Å². The Balaban J connectivity index is 2.26. The minimum absolute atomic E-state index is 0.0148. The van der Waals surface area contributed by atoms with E-state index in [2.05, 4.69) is 51.2 Å². The van der Waals surface area contributed by atoms with E-state index in [1.54, 1.807) is 0 Å². The molecular weight excluding hydrogens is 262 g/mol. The van der Waals surface area contributed by atoms with Crippen LogP contribution in [0.3, 0.4) is 0 Å². The number of nitrogens with one attached hydrogen (secondary N) is 1. The molecule has 0 bridgehead atoms. The van der Waals surface area contributed by atoms with Crippen molar-refractivity contribution in [2.75, 3.05) is 13.1 Å². The molecule has 1 aliphatic rings. The molecule has 1 saturated heterocycles. The zero-order valence-corrected chi connectivity index (χ0v) is 13.6. The van der Waals surface area contributed by atoms with Crippen LogP contribution in [-0.2, 0) is 4.79 Å². The van der Waals surface area contributed by atoms with E-state index in [1.807, 2.05) is 0 Å². The van der Waals surface area contributed by atoms with Crippen molar-refractivity contribution in [2.45, 2.75) is 52.4 Å². The lowest BCUT2D eigenvalue weighted by molar-refractivity contribution is -0.139. The quantitative estimate of drug-likeness (QED) is 0.676. The molecule has 1 atom stereocenters. The molecule has 3 nitrogen and oxygen atoms in total. The molecule has 1 unspecified atom stereocenters. The Labute approximate surface area is 128 Å². The summed E-state index contributed by atoms with van der Waals surface area (Å²) in [5, 5.41) is 3.28. The van der Waals surface area contributed by atoms with Gasteiger partial charge in [0.1, 0.15) is 5.75 Å². The minimum Gasteiger partial charge on any atom is -0.426 e. The number of carbonyl (C=O) groups excluding carboxylic acids is 1. The maximum absolute atomic E-state index is 12.5. The normalized spacial score (nSPS) is 19.0. The van der Waals surface area contributed by atoms with Crippen molar-refractivity contribution in [2.24, 2.45) is 5.92 Å². The monoisotopic (exact) mass is 289 g/mol. The number of hydrogen-bond acceptors (Lipinski definition) is 3. The summed E-state index contributed by atoms with van der Waals surface area (Å²) in [4.78, 5) is 12.5. The average Bonchev–Trinajstić information content (AvgIpc) is 2.47. The Morgan fingerprint density at radius 3 is 2.29 bits per heavy atom. The van der Waals surface area contributed by atoms with Gasteiger partial charge < -0.3 is 10.1 Å². The molecular formula is C18H27NO2. The minimum atomic E-state index is -0.0859. The number of carbonyl (C=O) groups is 1. The summed E-state index contributed by atoms with van der Waals surface area (Å²) >= 11 is 0. The number of piperidine rings is 1. The molecule has 0 aromatic heterocycles. The predicted octanol–water partition coefficient (Wildman–Crippen LogP) is 3.84. The van der Waals surface area contributed by atoms with Gasteiger partial charge in [-0.2, -0.15) is 0 Å². The molecule has 0 spiro atoms. The van der Waals surface area contributed by atoms with E-state index in [-0.39, 0.29) is 11.9 Å². The summed E-state index contributed by atoms with van der Waals surface area (Å²) < 4.78 is 5.86. The number of hydrogen-bond donors (Lipinski definition) is 1. The number of benzene rings is 1. The molecule has 1 fully saturated rings. The van der Waals surface area contributed by atoms with Gasteiger partial charge in [0.05, 0.1) is 5.92 Å². The van der Waals surface area contributed by atoms with Crippen molar-refractivity contribution in [1.29, 1.82) is 0 Å². The molecule has 1 aromatic carbocycles. The first-order chi connectivity index (χ1) is 10.0. The molecule has 21 heavy (non-hydrogen) atoms. The second kappa shape index (κ2) is 7.08. The highest BCUT2D eigenvalue weighted by Gasteiger charge is 2.25. The van der Waals surface area contributed by atoms with Crippen LogP contribution >= 0.6 is 0 Å². The Morgan fingerprint density at radius 1 is 1.19 bits per heavy atom. The molecule has 1 aliphatic heterocycles. The van der Waals surface area contributed by atoms with Gasteiger partial charge in [0, 0.05) is 6.54 Å². The smallest absolute Gasteiger partial charge is 0.315 e. The highest BCUT2D eigenvalue weighted by atomic mass is 16.5. The summed E-state index contributed by atoms with van der Waals surface area (Å²) in [5.41, 5.74) is 2.25. The van der Waals surface area contributed by atoms with E-state index in [0.29, 0.717) is 11.8 Å². The van der Waals surface area contributed by atoms with Crippen LogP contribution in [0.25, 0.3) is 0 Å². The fourth-order valence-corrected chi connectivity index (χ4v) is 2.84. The molecule has 2 rings (SSSR count). The molecule has 0 aliphatic carbocycles. The van der Waals surface area contributed by atoms with Gasteiger partial charge >= 0.3 is 5.97 Å². The zero-order chi connectivity index (χ0) is 15.4. The summed E-state index contributed by atoms with van der Waals surface area (Å²) in [5.74, 6) is 1.38. The standard InChI is InChI=1S/C18H27NO2/c1-12(2)15-8-5-9-16(13(3)4)17(15)21-18(20)14-7-6-10-19-11-14/h5,8-9,12-14,19H,6-7,10-11H2,1-4H3. The van der Waals surface area contributed by atoms with Crippen molar-refractivity contribution in [1.82, 2.24) is 5.32 Å². The van der Waals surface area contributed by atoms with E-state index >= 15 is 0 Å². The molecule has 0 saturated carbocycles. The summed E-state index contributed by atoms with van der Waals surface area (Å²) in [6.45, 7) is 10.3. The van der Waals surface area contributed by atoms with Crippen molar-refractivity contribution < 1.29 is 9.53 Å². The van der Waals surface area contributed by atoms with Gasteiger partial charge in [0.2, 0.25) is 0 Å². The van der Waals surface area contributed by atoms with Gasteiger partial charge in [0.15, 0.2) is 0 Å². The van der Waals surface area contributed by atoms with Crippen LogP contribution in [0.5, 0.6) is 5.75 Å². The Bertz CT molecular complexity index is 462. The first kappa shape index (κ1) is 16.0. The number of ether oxygens (including phenoxy) is 1. The first-order valence-corrected chi connectivity index (χ1v) is 8.06. The van der Waals surface area contributed by atoms with Gasteiger partial charge in [-0.1, -0.05) is 45.9 Å². The molecule has 0 amide bonds. The molecule has 0 radical (unpaired) electrons. The molecule has 116 valence electrons. The van der Waals surface area contributed by atoms with Crippen molar-refractivity contribution >= 4 is 5.97 Å². The van der Waals surface area contributed by atoms with Gasteiger partial charge in [-0.25, -0.2) is 0 Å². The second-order valence-corrected chi connectivity index (χ2v) is 6.54. The third-order valence-electron chi connectivity index (χ3n) is 4.15. The fourth-order valence-electron chi connectivity index (χ4n) is 2.84. The first-order valence-electron chi connectivity index (χ1n) is 8.06. The molecule has 1 heterocycles. The molecule has 3 heteroatoms. The molecule has 1 aromatic rings. The summed E-state index contributed by atoms with van der Waals surface area (Å²) in [6.07, 6.45) is 1.97. The SMILES string of the molecule is CC(C)c1cccc(C(C)C)c1OC(=O)C1CCCNC1. The number of para-hydroxylation sites is 1. The maximum atomic E-state index is 12.5. The summed E-state index contributed by atoms with van der Waals surface area (Å²) in [6, 6.07) is 6.20. The Hall–Kier alpha value is -1.35. The number of rotatable bonds is 4. The van der Waals surface area contributed by atoms with Crippen molar-refractivity contribution in [3.8, 4) is 5.75 Å². The molecule has 1 N–H and O–H groups in total. The van der Waals surface area contributed by atoms with Gasteiger partial charge in [-0.15, -0.1) is 0 Å². The van der Waals surface area contributed by atoms with Gasteiger partial charge in [-0.3, -0.25) is 4.79 Å². The average molecular weight is 289 g/mol. The van der Waals surface area contributed by atoms with E-state index < -0.39 is 0 Å². The topological polar surface area (TPSA) is 38.3 Å².